The van der Waals surface area contributed by atoms with Gasteiger partial charge < -0.3 is 9.88 Å². The Bertz CT molecular complexity index is 538. The zero-order valence-electron chi connectivity index (χ0n) is 9.09. The Morgan fingerprint density at radius 3 is 2.72 bits per heavy atom. The van der Waals surface area contributed by atoms with Crippen LogP contribution in [-0.4, -0.2) is 29.2 Å². The van der Waals surface area contributed by atoms with E-state index in [1.54, 1.807) is 4.90 Å². The predicted octanol–water partition coefficient (Wildman–Crippen LogP) is 2.23. The van der Waals surface area contributed by atoms with Gasteiger partial charge in [-0.25, -0.2) is 4.98 Å². The molecule has 0 saturated carbocycles. The molecule has 0 spiro atoms. The number of anilines is 1. The molecule has 1 aliphatic rings. The SMILES string of the molecule is O=c1[nH]cnc(N2CC=C(C(F)(F)F)CC2)c1Br. The number of aromatic nitrogens is 2. The summed E-state index contributed by atoms with van der Waals surface area (Å²) in [5.74, 6) is 0.358. The quantitative estimate of drug-likeness (QED) is 0.806. The molecule has 1 N–H and O–H groups in total. The van der Waals surface area contributed by atoms with Crippen LogP contribution in [-0.2, 0) is 0 Å². The smallest absolute Gasteiger partial charge is 0.351 e. The summed E-state index contributed by atoms with van der Waals surface area (Å²) in [7, 11) is 0. The summed E-state index contributed by atoms with van der Waals surface area (Å²) >= 11 is 3.08. The largest absolute Gasteiger partial charge is 0.412 e. The Morgan fingerprint density at radius 2 is 2.17 bits per heavy atom. The lowest BCUT2D eigenvalue weighted by Gasteiger charge is -2.28. The molecular weight excluding hydrogens is 315 g/mol. The molecule has 98 valence electrons. The van der Waals surface area contributed by atoms with Crippen LogP contribution in [0.1, 0.15) is 6.42 Å². The molecule has 0 aromatic carbocycles. The molecule has 0 fully saturated rings. The van der Waals surface area contributed by atoms with Gasteiger partial charge >= 0.3 is 6.18 Å². The standard InChI is InChI=1S/C10H9BrF3N3O/c11-7-8(15-5-16-9(7)18)17-3-1-6(2-4-17)10(12,13)14/h1,5H,2-4H2,(H,15,16,18). The molecule has 2 rings (SSSR count). The number of alkyl halides is 3. The lowest BCUT2D eigenvalue weighted by molar-refractivity contribution is -0.0944. The van der Waals surface area contributed by atoms with Crippen LogP contribution in [0.15, 0.2) is 27.2 Å². The molecular formula is C10H9BrF3N3O. The Balaban J connectivity index is 2.22. The molecule has 0 bridgehead atoms. The number of hydrogen-bond acceptors (Lipinski definition) is 3. The van der Waals surface area contributed by atoms with E-state index in [1.165, 1.54) is 6.33 Å². The Morgan fingerprint density at radius 1 is 1.44 bits per heavy atom. The molecule has 1 aromatic rings. The van der Waals surface area contributed by atoms with E-state index in [0.717, 1.165) is 6.08 Å². The normalized spacial score (nSPS) is 16.7. The van der Waals surface area contributed by atoms with Gasteiger partial charge in [-0.05, 0) is 22.4 Å². The summed E-state index contributed by atoms with van der Waals surface area (Å²) < 4.78 is 37.6. The van der Waals surface area contributed by atoms with Crippen LogP contribution in [0.4, 0.5) is 19.0 Å². The van der Waals surface area contributed by atoms with E-state index in [9.17, 15) is 18.0 Å². The molecule has 4 nitrogen and oxygen atoms in total. The van der Waals surface area contributed by atoms with E-state index in [4.69, 9.17) is 0 Å². The van der Waals surface area contributed by atoms with Crippen molar-refractivity contribution in [2.24, 2.45) is 0 Å². The van der Waals surface area contributed by atoms with Gasteiger partial charge in [0.1, 0.15) is 4.47 Å². The van der Waals surface area contributed by atoms with Crippen molar-refractivity contribution in [3.63, 3.8) is 0 Å². The van der Waals surface area contributed by atoms with Crippen LogP contribution in [0, 0.1) is 0 Å². The molecule has 0 atom stereocenters. The highest BCUT2D eigenvalue weighted by Gasteiger charge is 2.35. The summed E-state index contributed by atoms with van der Waals surface area (Å²) in [5, 5.41) is 0. The van der Waals surface area contributed by atoms with E-state index in [0.29, 0.717) is 5.82 Å². The van der Waals surface area contributed by atoms with Gasteiger partial charge in [0.05, 0.1) is 6.33 Å². The van der Waals surface area contributed by atoms with Crippen molar-refractivity contribution in [2.45, 2.75) is 12.6 Å². The second-order valence-electron chi connectivity index (χ2n) is 3.79. The molecule has 0 amide bonds. The third-order valence-electron chi connectivity index (χ3n) is 2.65. The number of H-pyrrole nitrogens is 1. The second kappa shape index (κ2) is 4.75. The number of halogens is 4. The lowest BCUT2D eigenvalue weighted by Crippen LogP contribution is -2.33. The predicted molar refractivity (Wildman–Crippen MR) is 63.5 cm³/mol. The molecule has 18 heavy (non-hydrogen) atoms. The number of rotatable bonds is 1. The topological polar surface area (TPSA) is 49.0 Å². The maximum atomic E-state index is 12.4. The molecule has 0 radical (unpaired) electrons. The molecule has 2 heterocycles. The maximum absolute atomic E-state index is 12.4. The number of hydrogen-bond donors (Lipinski definition) is 1. The van der Waals surface area contributed by atoms with Gasteiger partial charge in [-0.2, -0.15) is 13.2 Å². The molecule has 0 unspecified atom stereocenters. The maximum Gasteiger partial charge on any atom is 0.412 e. The minimum Gasteiger partial charge on any atom is -0.351 e. The fraction of sp³-hybridized carbons (Fsp3) is 0.400. The van der Waals surface area contributed by atoms with Gasteiger partial charge in [-0.15, -0.1) is 0 Å². The highest BCUT2D eigenvalue weighted by molar-refractivity contribution is 9.10. The summed E-state index contributed by atoms with van der Waals surface area (Å²) in [4.78, 5) is 19.3. The van der Waals surface area contributed by atoms with E-state index >= 15 is 0 Å². The first-order chi connectivity index (χ1) is 8.39. The highest BCUT2D eigenvalue weighted by atomic mass is 79.9. The van der Waals surface area contributed by atoms with Crippen LogP contribution in [0.25, 0.3) is 0 Å². The first kappa shape index (κ1) is 13.1. The highest BCUT2D eigenvalue weighted by Crippen LogP contribution is 2.31. The van der Waals surface area contributed by atoms with Crippen LogP contribution in [0.2, 0.25) is 0 Å². The molecule has 0 aliphatic carbocycles. The monoisotopic (exact) mass is 323 g/mol. The van der Waals surface area contributed by atoms with Gasteiger partial charge in [0.25, 0.3) is 5.56 Å². The van der Waals surface area contributed by atoms with Crippen molar-refractivity contribution in [3.05, 3.63) is 32.8 Å². The zero-order chi connectivity index (χ0) is 13.3. The molecule has 1 aromatic heterocycles. The van der Waals surface area contributed by atoms with E-state index in [2.05, 4.69) is 25.9 Å². The van der Waals surface area contributed by atoms with Gasteiger partial charge in [0.15, 0.2) is 5.82 Å². The first-order valence-electron chi connectivity index (χ1n) is 5.14. The Kier molecular flexibility index (Phi) is 3.47. The van der Waals surface area contributed by atoms with Crippen LogP contribution in [0.5, 0.6) is 0 Å². The van der Waals surface area contributed by atoms with Crippen molar-refractivity contribution in [3.8, 4) is 0 Å². The van der Waals surface area contributed by atoms with E-state index in [1.807, 2.05) is 0 Å². The van der Waals surface area contributed by atoms with Gasteiger partial charge in [0, 0.05) is 18.7 Å². The molecule has 0 saturated heterocycles. The second-order valence-corrected chi connectivity index (χ2v) is 4.59. The van der Waals surface area contributed by atoms with Crippen LogP contribution in [0.3, 0.4) is 0 Å². The fourth-order valence-electron chi connectivity index (χ4n) is 1.71. The average molecular weight is 324 g/mol. The summed E-state index contributed by atoms with van der Waals surface area (Å²) in [6.07, 6.45) is -2.03. The molecule has 8 heteroatoms. The third-order valence-corrected chi connectivity index (χ3v) is 3.37. The van der Waals surface area contributed by atoms with Gasteiger partial charge in [-0.1, -0.05) is 6.08 Å². The zero-order valence-corrected chi connectivity index (χ0v) is 10.7. The lowest BCUT2D eigenvalue weighted by atomic mass is 10.1. The van der Waals surface area contributed by atoms with Crippen molar-refractivity contribution in [1.82, 2.24) is 9.97 Å². The fourth-order valence-corrected chi connectivity index (χ4v) is 2.18. The van der Waals surface area contributed by atoms with Gasteiger partial charge in [-0.3, -0.25) is 4.79 Å². The third kappa shape index (κ3) is 2.58. The van der Waals surface area contributed by atoms with Gasteiger partial charge in [0.2, 0.25) is 0 Å². The van der Waals surface area contributed by atoms with Crippen molar-refractivity contribution < 1.29 is 13.2 Å². The van der Waals surface area contributed by atoms with Crippen molar-refractivity contribution in [1.29, 1.82) is 0 Å². The average Bonchev–Trinajstić information content (AvgIpc) is 2.32. The van der Waals surface area contributed by atoms with Crippen molar-refractivity contribution >= 4 is 21.7 Å². The minimum absolute atomic E-state index is 0.0872. The molecule has 1 aliphatic heterocycles. The van der Waals surface area contributed by atoms with Crippen molar-refractivity contribution in [2.75, 3.05) is 18.0 Å². The van der Waals surface area contributed by atoms with E-state index < -0.39 is 11.7 Å². The Labute approximate surface area is 109 Å². The number of aromatic amines is 1. The van der Waals surface area contributed by atoms with Crippen LogP contribution >= 0.6 is 15.9 Å². The summed E-state index contributed by atoms with van der Waals surface area (Å²) in [5.41, 5.74) is -0.884. The van der Waals surface area contributed by atoms with Crippen LogP contribution < -0.4 is 10.5 Å². The first-order valence-corrected chi connectivity index (χ1v) is 5.93. The Hall–Kier alpha value is -1.31. The van der Waals surface area contributed by atoms with E-state index in [-0.39, 0.29) is 29.5 Å². The summed E-state index contributed by atoms with van der Waals surface area (Å²) in [6.45, 7) is 0.268. The number of nitrogens with one attached hydrogen (secondary N) is 1. The number of nitrogens with zero attached hydrogens (tertiary/aromatic N) is 2. The summed E-state index contributed by atoms with van der Waals surface area (Å²) in [6, 6.07) is 0. The minimum atomic E-state index is -4.27.